The lowest BCUT2D eigenvalue weighted by atomic mass is 10.1. The molecule has 0 spiro atoms. The average Bonchev–Trinajstić information content (AvgIpc) is 2.55. The molecule has 0 amide bonds. The first-order valence-electron chi connectivity index (χ1n) is 7.35. The molecule has 21 heavy (non-hydrogen) atoms. The molecule has 1 aliphatic heterocycles. The van der Waals surface area contributed by atoms with Gasteiger partial charge in [-0.2, -0.15) is 0 Å². The fourth-order valence-electron chi connectivity index (χ4n) is 2.54. The summed E-state index contributed by atoms with van der Waals surface area (Å²) in [5.74, 6) is 0.934. The summed E-state index contributed by atoms with van der Waals surface area (Å²) < 4.78 is 11.5. The third kappa shape index (κ3) is 3.37. The van der Waals surface area contributed by atoms with Gasteiger partial charge in [0, 0.05) is 18.7 Å². The summed E-state index contributed by atoms with van der Waals surface area (Å²) >= 11 is 0. The van der Waals surface area contributed by atoms with E-state index in [2.05, 4.69) is 29.2 Å². The summed E-state index contributed by atoms with van der Waals surface area (Å²) in [4.78, 5) is 2.32. The Balaban J connectivity index is 1.79. The van der Waals surface area contributed by atoms with Crippen LogP contribution in [0.2, 0.25) is 0 Å². The van der Waals surface area contributed by atoms with Crippen molar-refractivity contribution in [3.05, 3.63) is 59.7 Å². The molecule has 0 saturated carbocycles. The summed E-state index contributed by atoms with van der Waals surface area (Å²) in [5.41, 5.74) is 3.37. The predicted molar refractivity (Wildman–Crippen MR) is 83.8 cm³/mol. The zero-order valence-electron chi connectivity index (χ0n) is 12.3. The summed E-state index contributed by atoms with van der Waals surface area (Å²) in [5, 5.41) is 0. The van der Waals surface area contributed by atoms with E-state index in [0.29, 0.717) is 6.61 Å². The first-order valence-corrected chi connectivity index (χ1v) is 7.35. The molecule has 0 unspecified atom stereocenters. The molecule has 1 radical (unpaired) electrons. The molecule has 3 heteroatoms. The van der Waals surface area contributed by atoms with Crippen LogP contribution in [0.25, 0.3) is 0 Å². The van der Waals surface area contributed by atoms with Crippen molar-refractivity contribution < 1.29 is 9.47 Å². The van der Waals surface area contributed by atoms with E-state index in [1.165, 1.54) is 5.56 Å². The Bertz CT molecular complexity index is 577. The van der Waals surface area contributed by atoms with Crippen molar-refractivity contribution in [3.8, 4) is 5.75 Å². The van der Waals surface area contributed by atoms with Crippen LogP contribution >= 0.6 is 0 Å². The Morgan fingerprint density at radius 1 is 1.14 bits per heavy atom. The molecule has 0 N–H and O–H groups in total. The minimum absolute atomic E-state index is 0.580. The third-order valence-electron chi connectivity index (χ3n) is 3.69. The lowest BCUT2D eigenvalue weighted by Crippen LogP contribution is -2.36. The molecular formula is C18H20NO2. The van der Waals surface area contributed by atoms with Gasteiger partial charge in [-0.25, -0.2) is 0 Å². The molecule has 1 aliphatic rings. The second-order valence-electron chi connectivity index (χ2n) is 5.19. The van der Waals surface area contributed by atoms with Gasteiger partial charge in [-0.15, -0.1) is 0 Å². The van der Waals surface area contributed by atoms with Crippen molar-refractivity contribution >= 4 is 5.69 Å². The van der Waals surface area contributed by atoms with E-state index in [-0.39, 0.29) is 0 Å². The summed E-state index contributed by atoms with van der Waals surface area (Å²) in [6.07, 6.45) is 0. The molecule has 1 fully saturated rings. The number of anilines is 1. The number of rotatable bonds is 4. The van der Waals surface area contributed by atoms with Crippen LogP contribution < -0.4 is 9.64 Å². The Morgan fingerprint density at radius 2 is 1.90 bits per heavy atom. The van der Waals surface area contributed by atoms with Crippen molar-refractivity contribution in [1.82, 2.24) is 0 Å². The topological polar surface area (TPSA) is 21.7 Å². The monoisotopic (exact) mass is 282 g/mol. The summed E-state index contributed by atoms with van der Waals surface area (Å²) in [6.45, 7) is 5.99. The molecule has 3 nitrogen and oxygen atoms in total. The van der Waals surface area contributed by atoms with Crippen LogP contribution in [0.5, 0.6) is 5.75 Å². The third-order valence-corrected chi connectivity index (χ3v) is 3.69. The number of hydrogen-bond donors (Lipinski definition) is 0. The van der Waals surface area contributed by atoms with Gasteiger partial charge in [0.25, 0.3) is 0 Å². The van der Waals surface area contributed by atoms with Gasteiger partial charge >= 0.3 is 0 Å². The van der Waals surface area contributed by atoms with E-state index in [1.807, 2.05) is 31.2 Å². The maximum Gasteiger partial charge on any atom is 0.146 e. The van der Waals surface area contributed by atoms with Crippen LogP contribution in [0.3, 0.4) is 0 Å². The predicted octanol–water partition coefficient (Wildman–Crippen LogP) is 3.21. The summed E-state index contributed by atoms with van der Waals surface area (Å²) in [6, 6.07) is 17.5. The Kier molecular flexibility index (Phi) is 4.41. The van der Waals surface area contributed by atoms with Gasteiger partial charge in [-0.3, -0.25) is 0 Å². The second-order valence-corrected chi connectivity index (χ2v) is 5.19. The standard InChI is InChI=1S/C18H20NO2/c1-15-6-5-9-17(19-10-12-20-13-11-19)18(15)21-14-16-7-3-2-4-8-16/h2-5,7-9H,10-14H2,1H3. The quantitative estimate of drug-likeness (QED) is 0.859. The van der Waals surface area contributed by atoms with Crippen LogP contribution in [-0.2, 0) is 11.3 Å². The number of ether oxygens (including phenoxy) is 2. The molecule has 2 aromatic rings. The van der Waals surface area contributed by atoms with Crippen LogP contribution in [0.4, 0.5) is 5.69 Å². The highest BCUT2D eigenvalue weighted by Gasteiger charge is 2.17. The minimum Gasteiger partial charge on any atom is -0.486 e. The number of nitrogens with zero attached hydrogens (tertiary/aromatic N) is 1. The van der Waals surface area contributed by atoms with Gasteiger partial charge in [0.2, 0.25) is 0 Å². The smallest absolute Gasteiger partial charge is 0.146 e. The fraction of sp³-hybridized carbons (Fsp3) is 0.333. The van der Waals surface area contributed by atoms with Crippen LogP contribution in [-0.4, -0.2) is 26.3 Å². The highest BCUT2D eigenvalue weighted by atomic mass is 16.5. The molecule has 1 heterocycles. The van der Waals surface area contributed by atoms with Crippen LogP contribution in [0.15, 0.2) is 42.5 Å². The number of morpholine rings is 1. The van der Waals surface area contributed by atoms with Crippen molar-refractivity contribution in [2.45, 2.75) is 13.5 Å². The first-order chi connectivity index (χ1) is 10.3. The van der Waals surface area contributed by atoms with E-state index in [1.54, 1.807) is 0 Å². The highest BCUT2D eigenvalue weighted by Crippen LogP contribution is 2.32. The maximum absolute atomic E-state index is 6.09. The molecule has 0 atom stereocenters. The van der Waals surface area contributed by atoms with Gasteiger partial charge < -0.3 is 14.4 Å². The largest absolute Gasteiger partial charge is 0.486 e. The van der Waals surface area contributed by atoms with E-state index >= 15 is 0 Å². The van der Waals surface area contributed by atoms with Gasteiger partial charge in [0.15, 0.2) is 0 Å². The van der Waals surface area contributed by atoms with Crippen molar-refractivity contribution in [3.63, 3.8) is 0 Å². The molecule has 2 aromatic carbocycles. The van der Waals surface area contributed by atoms with Crippen molar-refractivity contribution in [1.29, 1.82) is 0 Å². The van der Waals surface area contributed by atoms with Crippen LogP contribution in [0, 0.1) is 13.0 Å². The summed E-state index contributed by atoms with van der Waals surface area (Å²) in [7, 11) is 0. The van der Waals surface area contributed by atoms with Gasteiger partial charge in [0.05, 0.1) is 18.9 Å². The molecule has 0 bridgehead atoms. The van der Waals surface area contributed by atoms with Gasteiger partial charge in [-0.1, -0.05) is 36.4 Å². The van der Waals surface area contributed by atoms with Gasteiger partial charge in [-0.05, 0) is 24.6 Å². The Morgan fingerprint density at radius 3 is 2.67 bits per heavy atom. The zero-order chi connectivity index (χ0) is 14.5. The van der Waals surface area contributed by atoms with E-state index in [4.69, 9.17) is 9.47 Å². The average molecular weight is 282 g/mol. The maximum atomic E-state index is 6.09. The van der Waals surface area contributed by atoms with E-state index < -0.39 is 0 Å². The van der Waals surface area contributed by atoms with E-state index in [9.17, 15) is 0 Å². The SMILES string of the molecule is Cc1[c]ccc(N2CCOCC2)c1OCc1ccccc1. The van der Waals surface area contributed by atoms with Gasteiger partial charge in [0.1, 0.15) is 12.4 Å². The molecular weight excluding hydrogens is 262 g/mol. The lowest BCUT2D eigenvalue weighted by molar-refractivity contribution is 0.122. The van der Waals surface area contributed by atoms with Crippen molar-refractivity contribution in [2.75, 3.05) is 31.2 Å². The van der Waals surface area contributed by atoms with Crippen LogP contribution in [0.1, 0.15) is 11.1 Å². The second kappa shape index (κ2) is 6.64. The fourth-order valence-corrected chi connectivity index (χ4v) is 2.54. The number of aryl methyl sites for hydroxylation is 1. The normalized spacial score (nSPS) is 15.0. The van der Waals surface area contributed by atoms with Crippen molar-refractivity contribution in [2.24, 2.45) is 0 Å². The zero-order valence-corrected chi connectivity index (χ0v) is 12.3. The number of benzene rings is 2. The minimum atomic E-state index is 0.580. The Hall–Kier alpha value is -2.00. The molecule has 3 rings (SSSR count). The molecule has 0 aliphatic carbocycles. The molecule has 1 saturated heterocycles. The lowest BCUT2D eigenvalue weighted by Gasteiger charge is -2.30. The van der Waals surface area contributed by atoms with E-state index in [0.717, 1.165) is 43.3 Å². The Labute approximate surface area is 126 Å². The number of hydrogen-bond acceptors (Lipinski definition) is 3. The first kappa shape index (κ1) is 14.0. The molecule has 109 valence electrons. The molecule has 0 aromatic heterocycles. The highest BCUT2D eigenvalue weighted by molar-refractivity contribution is 5.61.